The van der Waals surface area contributed by atoms with Crippen molar-refractivity contribution in [3.8, 4) is 0 Å². The number of aryl methyl sites for hydroxylation is 1. The van der Waals surface area contributed by atoms with Gasteiger partial charge in [-0.1, -0.05) is 0 Å². The average Bonchev–Trinajstić information content (AvgIpc) is 3.22. The minimum atomic E-state index is -0.436. The van der Waals surface area contributed by atoms with Crippen molar-refractivity contribution in [3.63, 3.8) is 0 Å². The van der Waals surface area contributed by atoms with Crippen molar-refractivity contribution >= 4 is 16.9 Å². The molecule has 1 aromatic carbocycles. The first-order chi connectivity index (χ1) is 11.6. The summed E-state index contributed by atoms with van der Waals surface area (Å²) in [5.41, 5.74) is 1.37. The largest absolute Gasteiger partial charge is 0.344 e. The number of benzene rings is 1. The highest BCUT2D eigenvalue weighted by molar-refractivity contribution is 6.04. The van der Waals surface area contributed by atoms with Gasteiger partial charge in [0.15, 0.2) is 0 Å². The molecule has 0 aliphatic carbocycles. The van der Waals surface area contributed by atoms with Crippen molar-refractivity contribution in [3.05, 3.63) is 48.1 Å². The molecular formula is C17H18FN5O. The molecular weight excluding hydrogens is 309 g/mol. The van der Waals surface area contributed by atoms with E-state index in [1.807, 2.05) is 13.1 Å². The molecule has 1 amide bonds. The zero-order valence-electron chi connectivity index (χ0n) is 13.4. The summed E-state index contributed by atoms with van der Waals surface area (Å²) in [5.74, 6) is 0.331. The van der Waals surface area contributed by atoms with Gasteiger partial charge < -0.3 is 14.5 Å². The van der Waals surface area contributed by atoms with Gasteiger partial charge in [0, 0.05) is 25.5 Å². The Balaban J connectivity index is 1.64. The predicted molar refractivity (Wildman–Crippen MR) is 87.2 cm³/mol. The number of H-pyrrole nitrogens is 1. The van der Waals surface area contributed by atoms with Gasteiger partial charge in [-0.2, -0.15) is 0 Å². The highest BCUT2D eigenvalue weighted by Crippen LogP contribution is 2.26. The first kappa shape index (κ1) is 14.9. The minimum Gasteiger partial charge on any atom is -0.344 e. The summed E-state index contributed by atoms with van der Waals surface area (Å²) in [7, 11) is 0. The van der Waals surface area contributed by atoms with E-state index < -0.39 is 5.82 Å². The van der Waals surface area contributed by atoms with Gasteiger partial charge in [0.1, 0.15) is 17.2 Å². The lowest BCUT2D eigenvalue weighted by molar-refractivity contribution is 0.0679. The number of nitrogens with one attached hydrogen (secondary N) is 1. The number of fused-ring (bicyclic) bond motifs is 1. The Labute approximate surface area is 138 Å². The van der Waals surface area contributed by atoms with Crippen molar-refractivity contribution in [2.75, 3.05) is 13.1 Å². The standard InChI is InChI=1S/C17H18FN5O/c1-11-19-4-6-23(11)13-3-2-5-22(9-13)17(24)14-7-12(18)8-15-16(14)21-10-20-15/h4,6-8,10,13H,2-3,5,9H2,1H3,(H,20,21). The Hall–Kier alpha value is -2.70. The van der Waals surface area contributed by atoms with E-state index in [2.05, 4.69) is 19.5 Å². The van der Waals surface area contributed by atoms with E-state index in [0.29, 0.717) is 29.7 Å². The summed E-state index contributed by atoms with van der Waals surface area (Å²) in [6.07, 6.45) is 7.11. The van der Waals surface area contributed by atoms with Crippen LogP contribution in [0.15, 0.2) is 30.9 Å². The lowest BCUT2D eigenvalue weighted by atomic mass is 10.0. The van der Waals surface area contributed by atoms with Crippen LogP contribution in [-0.2, 0) is 0 Å². The molecule has 7 heteroatoms. The maximum absolute atomic E-state index is 13.8. The summed E-state index contributed by atoms with van der Waals surface area (Å²) >= 11 is 0. The molecule has 0 bridgehead atoms. The Kier molecular flexibility index (Phi) is 3.55. The molecule has 124 valence electrons. The van der Waals surface area contributed by atoms with Gasteiger partial charge in [0.2, 0.25) is 0 Å². The smallest absolute Gasteiger partial charge is 0.256 e. The van der Waals surface area contributed by atoms with E-state index in [9.17, 15) is 9.18 Å². The number of carbonyl (C=O) groups excluding carboxylic acids is 1. The number of nitrogens with zero attached hydrogens (tertiary/aromatic N) is 4. The lowest BCUT2D eigenvalue weighted by Crippen LogP contribution is -2.41. The molecule has 1 N–H and O–H groups in total. The SMILES string of the molecule is Cc1nccn1C1CCCN(C(=O)c2cc(F)cc3[nH]cnc23)C1. The molecule has 0 spiro atoms. The molecule has 24 heavy (non-hydrogen) atoms. The van der Waals surface area contributed by atoms with Gasteiger partial charge in [-0.05, 0) is 31.9 Å². The quantitative estimate of drug-likeness (QED) is 0.787. The number of piperidine rings is 1. The van der Waals surface area contributed by atoms with Crippen molar-refractivity contribution in [2.24, 2.45) is 0 Å². The van der Waals surface area contributed by atoms with Crippen LogP contribution in [-0.4, -0.2) is 43.4 Å². The van der Waals surface area contributed by atoms with E-state index in [4.69, 9.17) is 0 Å². The van der Waals surface area contributed by atoms with Crippen LogP contribution in [0.2, 0.25) is 0 Å². The minimum absolute atomic E-state index is 0.172. The molecule has 2 aromatic heterocycles. The third-order valence-corrected chi connectivity index (χ3v) is 4.66. The Bertz CT molecular complexity index is 899. The molecule has 1 fully saturated rings. The van der Waals surface area contributed by atoms with Crippen LogP contribution in [0.25, 0.3) is 11.0 Å². The maximum atomic E-state index is 13.8. The van der Waals surface area contributed by atoms with Crippen molar-refractivity contribution < 1.29 is 9.18 Å². The van der Waals surface area contributed by atoms with Crippen LogP contribution in [0.5, 0.6) is 0 Å². The number of rotatable bonds is 2. The van der Waals surface area contributed by atoms with Crippen LogP contribution in [0.1, 0.15) is 35.1 Å². The molecule has 3 heterocycles. The molecule has 3 aromatic rings. The molecule has 0 radical (unpaired) electrons. The molecule has 1 unspecified atom stereocenters. The van der Waals surface area contributed by atoms with Gasteiger partial charge in [0.05, 0.1) is 23.4 Å². The van der Waals surface area contributed by atoms with Crippen molar-refractivity contribution in [2.45, 2.75) is 25.8 Å². The van der Waals surface area contributed by atoms with E-state index in [-0.39, 0.29) is 11.9 Å². The molecule has 0 saturated carbocycles. The van der Waals surface area contributed by atoms with Crippen molar-refractivity contribution in [1.29, 1.82) is 0 Å². The van der Waals surface area contributed by atoms with Crippen LogP contribution in [0, 0.1) is 12.7 Å². The van der Waals surface area contributed by atoms with Gasteiger partial charge in [0.25, 0.3) is 5.91 Å². The summed E-state index contributed by atoms with van der Waals surface area (Å²) in [5, 5.41) is 0. The highest BCUT2D eigenvalue weighted by Gasteiger charge is 2.27. The molecule has 1 atom stereocenters. The second-order valence-electron chi connectivity index (χ2n) is 6.18. The number of hydrogen-bond acceptors (Lipinski definition) is 3. The van der Waals surface area contributed by atoms with Crippen LogP contribution >= 0.6 is 0 Å². The number of amides is 1. The molecule has 1 saturated heterocycles. The van der Waals surface area contributed by atoms with Crippen LogP contribution < -0.4 is 0 Å². The van der Waals surface area contributed by atoms with Crippen molar-refractivity contribution in [1.82, 2.24) is 24.4 Å². The molecule has 1 aliphatic rings. The number of likely N-dealkylation sites (tertiary alicyclic amines) is 1. The van der Waals surface area contributed by atoms with E-state index in [1.165, 1.54) is 18.5 Å². The summed E-state index contributed by atoms with van der Waals surface area (Å²) in [6, 6.07) is 2.83. The van der Waals surface area contributed by atoms with Gasteiger partial charge in [-0.15, -0.1) is 0 Å². The fourth-order valence-electron chi connectivity index (χ4n) is 3.49. The zero-order valence-corrected chi connectivity index (χ0v) is 13.4. The highest BCUT2D eigenvalue weighted by atomic mass is 19.1. The van der Waals surface area contributed by atoms with Crippen LogP contribution in [0.4, 0.5) is 4.39 Å². The topological polar surface area (TPSA) is 66.8 Å². The number of carbonyl (C=O) groups is 1. The summed E-state index contributed by atoms with van der Waals surface area (Å²) in [6.45, 7) is 3.23. The van der Waals surface area contributed by atoms with Gasteiger partial charge in [-0.25, -0.2) is 14.4 Å². The Morgan fingerprint density at radius 1 is 1.38 bits per heavy atom. The first-order valence-corrected chi connectivity index (χ1v) is 8.05. The van der Waals surface area contributed by atoms with E-state index in [1.54, 1.807) is 11.1 Å². The monoisotopic (exact) mass is 327 g/mol. The number of aromatic nitrogens is 4. The van der Waals surface area contributed by atoms with Crippen LogP contribution in [0.3, 0.4) is 0 Å². The Morgan fingerprint density at radius 3 is 3.04 bits per heavy atom. The molecule has 6 nitrogen and oxygen atoms in total. The summed E-state index contributed by atoms with van der Waals surface area (Å²) < 4.78 is 15.9. The number of halogens is 1. The number of aromatic amines is 1. The van der Waals surface area contributed by atoms with E-state index in [0.717, 1.165) is 18.7 Å². The molecule has 4 rings (SSSR count). The zero-order chi connectivity index (χ0) is 16.7. The summed E-state index contributed by atoms with van der Waals surface area (Å²) in [4.78, 5) is 26.0. The average molecular weight is 327 g/mol. The second kappa shape index (κ2) is 5.74. The normalized spacial score (nSPS) is 18.2. The van der Waals surface area contributed by atoms with Gasteiger partial charge in [-0.3, -0.25) is 4.79 Å². The lowest BCUT2D eigenvalue weighted by Gasteiger charge is -2.34. The fourth-order valence-corrected chi connectivity index (χ4v) is 3.49. The predicted octanol–water partition coefficient (Wildman–Crippen LogP) is 2.68. The fraction of sp³-hybridized carbons (Fsp3) is 0.353. The third-order valence-electron chi connectivity index (χ3n) is 4.66. The van der Waals surface area contributed by atoms with E-state index >= 15 is 0 Å². The second-order valence-corrected chi connectivity index (χ2v) is 6.18. The number of imidazole rings is 2. The van der Waals surface area contributed by atoms with Gasteiger partial charge >= 0.3 is 0 Å². The number of hydrogen-bond donors (Lipinski definition) is 1. The first-order valence-electron chi connectivity index (χ1n) is 8.05. The molecule has 1 aliphatic heterocycles. The third kappa shape index (κ3) is 2.46. The Morgan fingerprint density at radius 2 is 2.25 bits per heavy atom. The maximum Gasteiger partial charge on any atom is 0.256 e.